The highest BCUT2D eigenvalue weighted by Gasteiger charge is 2.24. The predicted molar refractivity (Wildman–Crippen MR) is 61.7 cm³/mol. The zero-order chi connectivity index (χ0) is 11.5. The summed E-state index contributed by atoms with van der Waals surface area (Å²) in [6.45, 7) is 5.98. The van der Waals surface area contributed by atoms with Crippen LogP contribution in [0.15, 0.2) is 24.3 Å². The molecule has 1 N–H and O–H groups in total. The number of ether oxygens (including phenoxy) is 1. The van der Waals surface area contributed by atoms with E-state index in [1.165, 1.54) is 12.1 Å². The second-order valence-corrected chi connectivity index (χ2v) is 4.61. The zero-order valence-electron chi connectivity index (χ0n) is 9.74. The number of rotatable bonds is 1. The van der Waals surface area contributed by atoms with E-state index in [0.29, 0.717) is 5.92 Å². The second-order valence-electron chi connectivity index (χ2n) is 4.61. The van der Waals surface area contributed by atoms with Crippen molar-refractivity contribution in [2.24, 2.45) is 5.92 Å². The van der Waals surface area contributed by atoms with Crippen LogP contribution in [0.2, 0.25) is 0 Å². The molecule has 0 aromatic heterocycles. The molecule has 1 aromatic rings. The first-order valence-electron chi connectivity index (χ1n) is 5.77. The monoisotopic (exact) mass is 223 g/mol. The van der Waals surface area contributed by atoms with Crippen molar-refractivity contribution in [1.82, 2.24) is 5.32 Å². The number of hydrogen-bond acceptors (Lipinski definition) is 2. The van der Waals surface area contributed by atoms with Gasteiger partial charge < -0.3 is 10.1 Å². The van der Waals surface area contributed by atoms with Gasteiger partial charge in [0.05, 0.1) is 12.7 Å². The van der Waals surface area contributed by atoms with Crippen molar-refractivity contribution in [3.63, 3.8) is 0 Å². The Bertz CT molecular complexity index is 338. The molecule has 0 saturated carbocycles. The second kappa shape index (κ2) is 4.93. The van der Waals surface area contributed by atoms with Crippen LogP contribution in [0.1, 0.15) is 25.5 Å². The lowest BCUT2D eigenvalue weighted by Gasteiger charge is -2.22. The van der Waals surface area contributed by atoms with Gasteiger partial charge in [0.1, 0.15) is 5.82 Å². The number of halogens is 1. The van der Waals surface area contributed by atoms with Gasteiger partial charge in [0.25, 0.3) is 0 Å². The zero-order valence-corrected chi connectivity index (χ0v) is 9.74. The standard InChI is InChI=1S/C13H18FNO/c1-9-7-15-10(2)13(16-8-9)11-3-5-12(14)6-4-11/h3-6,9-10,13,15H,7-8H2,1-2H3. The fourth-order valence-corrected chi connectivity index (χ4v) is 2.00. The average molecular weight is 223 g/mol. The fourth-order valence-electron chi connectivity index (χ4n) is 2.00. The molecular formula is C13H18FNO. The van der Waals surface area contributed by atoms with Crippen molar-refractivity contribution in [1.29, 1.82) is 0 Å². The van der Waals surface area contributed by atoms with Gasteiger partial charge >= 0.3 is 0 Å². The summed E-state index contributed by atoms with van der Waals surface area (Å²) in [5, 5.41) is 3.44. The minimum Gasteiger partial charge on any atom is -0.372 e. The Morgan fingerprint density at radius 2 is 1.94 bits per heavy atom. The smallest absolute Gasteiger partial charge is 0.123 e. The summed E-state index contributed by atoms with van der Waals surface area (Å²) in [7, 11) is 0. The van der Waals surface area contributed by atoms with Gasteiger partial charge in [-0.3, -0.25) is 0 Å². The summed E-state index contributed by atoms with van der Waals surface area (Å²) in [6.07, 6.45) is 0.0190. The van der Waals surface area contributed by atoms with Crippen LogP contribution in [0.25, 0.3) is 0 Å². The van der Waals surface area contributed by atoms with Crippen molar-refractivity contribution < 1.29 is 9.13 Å². The summed E-state index contributed by atoms with van der Waals surface area (Å²) < 4.78 is 18.7. The highest BCUT2D eigenvalue weighted by molar-refractivity contribution is 5.20. The van der Waals surface area contributed by atoms with E-state index in [0.717, 1.165) is 18.7 Å². The van der Waals surface area contributed by atoms with Gasteiger partial charge in [-0.2, -0.15) is 0 Å². The maximum absolute atomic E-state index is 12.8. The Morgan fingerprint density at radius 1 is 1.25 bits per heavy atom. The van der Waals surface area contributed by atoms with E-state index in [9.17, 15) is 4.39 Å². The first-order valence-corrected chi connectivity index (χ1v) is 5.77. The molecule has 1 saturated heterocycles. The fraction of sp³-hybridized carbons (Fsp3) is 0.538. The molecule has 3 unspecified atom stereocenters. The molecule has 1 aliphatic rings. The third-order valence-electron chi connectivity index (χ3n) is 3.00. The molecule has 1 aromatic carbocycles. The largest absolute Gasteiger partial charge is 0.372 e. The summed E-state index contributed by atoms with van der Waals surface area (Å²) in [4.78, 5) is 0. The molecule has 0 amide bonds. The van der Waals surface area contributed by atoms with Gasteiger partial charge in [0, 0.05) is 12.6 Å². The van der Waals surface area contributed by atoms with E-state index in [1.807, 2.05) is 0 Å². The Kier molecular flexibility index (Phi) is 3.56. The van der Waals surface area contributed by atoms with Crippen molar-refractivity contribution in [2.45, 2.75) is 26.0 Å². The van der Waals surface area contributed by atoms with Gasteiger partial charge in [-0.15, -0.1) is 0 Å². The van der Waals surface area contributed by atoms with Gasteiger partial charge in [-0.25, -0.2) is 4.39 Å². The lowest BCUT2D eigenvalue weighted by Crippen LogP contribution is -2.32. The highest BCUT2D eigenvalue weighted by Crippen LogP contribution is 2.24. The molecule has 1 heterocycles. The van der Waals surface area contributed by atoms with Crippen molar-refractivity contribution in [3.05, 3.63) is 35.6 Å². The Labute approximate surface area is 95.8 Å². The third kappa shape index (κ3) is 2.60. The molecule has 1 fully saturated rings. The Hall–Kier alpha value is -0.930. The van der Waals surface area contributed by atoms with Crippen molar-refractivity contribution >= 4 is 0 Å². The van der Waals surface area contributed by atoms with E-state index in [-0.39, 0.29) is 18.0 Å². The van der Waals surface area contributed by atoms with E-state index in [1.54, 1.807) is 12.1 Å². The lowest BCUT2D eigenvalue weighted by atomic mass is 10.0. The van der Waals surface area contributed by atoms with E-state index < -0.39 is 0 Å². The molecule has 3 atom stereocenters. The van der Waals surface area contributed by atoms with Crippen LogP contribution in [0.3, 0.4) is 0 Å². The maximum Gasteiger partial charge on any atom is 0.123 e. The van der Waals surface area contributed by atoms with Gasteiger partial charge in [-0.05, 0) is 30.5 Å². The molecule has 0 radical (unpaired) electrons. The average Bonchev–Trinajstić information content (AvgIpc) is 2.44. The summed E-state index contributed by atoms with van der Waals surface area (Å²) >= 11 is 0. The van der Waals surface area contributed by atoms with Crippen LogP contribution in [0.5, 0.6) is 0 Å². The van der Waals surface area contributed by atoms with Crippen molar-refractivity contribution in [2.75, 3.05) is 13.2 Å². The third-order valence-corrected chi connectivity index (χ3v) is 3.00. The summed E-state index contributed by atoms with van der Waals surface area (Å²) in [5.41, 5.74) is 1.04. The van der Waals surface area contributed by atoms with Crippen molar-refractivity contribution in [3.8, 4) is 0 Å². The van der Waals surface area contributed by atoms with Gasteiger partial charge in [0.15, 0.2) is 0 Å². The Balaban J connectivity index is 2.15. The molecule has 88 valence electrons. The van der Waals surface area contributed by atoms with Crippen LogP contribution >= 0.6 is 0 Å². The number of hydrogen-bond donors (Lipinski definition) is 1. The molecule has 16 heavy (non-hydrogen) atoms. The molecule has 1 aliphatic heterocycles. The molecule has 0 spiro atoms. The topological polar surface area (TPSA) is 21.3 Å². The van der Waals surface area contributed by atoms with Gasteiger partial charge in [-0.1, -0.05) is 19.1 Å². The molecule has 2 nitrogen and oxygen atoms in total. The van der Waals surface area contributed by atoms with Crippen LogP contribution in [-0.2, 0) is 4.74 Å². The summed E-state index contributed by atoms with van der Waals surface area (Å²) in [5.74, 6) is 0.319. The molecule has 2 rings (SSSR count). The van der Waals surface area contributed by atoms with Gasteiger partial charge in [0.2, 0.25) is 0 Å². The van der Waals surface area contributed by atoms with Crippen LogP contribution < -0.4 is 5.32 Å². The number of nitrogens with one attached hydrogen (secondary N) is 1. The van der Waals surface area contributed by atoms with E-state index in [2.05, 4.69) is 19.2 Å². The quantitative estimate of drug-likeness (QED) is 0.790. The SMILES string of the molecule is CC1CNC(C)C(c2ccc(F)cc2)OC1. The molecular weight excluding hydrogens is 205 g/mol. The van der Waals surface area contributed by atoms with Crippen LogP contribution in [0.4, 0.5) is 4.39 Å². The van der Waals surface area contributed by atoms with E-state index in [4.69, 9.17) is 4.74 Å². The predicted octanol–water partition coefficient (Wildman–Crippen LogP) is 2.51. The molecule has 3 heteroatoms. The lowest BCUT2D eigenvalue weighted by molar-refractivity contribution is 0.0337. The van der Waals surface area contributed by atoms with Crippen LogP contribution in [-0.4, -0.2) is 19.2 Å². The highest BCUT2D eigenvalue weighted by atomic mass is 19.1. The molecule has 0 aliphatic carbocycles. The Morgan fingerprint density at radius 3 is 2.62 bits per heavy atom. The normalized spacial score (nSPS) is 31.1. The minimum absolute atomic E-state index is 0.0190. The number of benzene rings is 1. The first-order chi connectivity index (χ1) is 7.66. The first kappa shape index (κ1) is 11.6. The summed E-state index contributed by atoms with van der Waals surface area (Å²) in [6, 6.07) is 6.83. The maximum atomic E-state index is 12.8. The van der Waals surface area contributed by atoms with Crippen LogP contribution in [0, 0.1) is 11.7 Å². The minimum atomic E-state index is -0.202. The van der Waals surface area contributed by atoms with E-state index >= 15 is 0 Å². The molecule has 0 bridgehead atoms.